The average molecular weight is 402 g/mol. The van der Waals surface area contributed by atoms with Crippen LogP contribution in [0.1, 0.15) is 82.6 Å². The van der Waals surface area contributed by atoms with E-state index in [4.69, 9.17) is 9.47 Å². The van der Waals surface area contributed by atoms with E-state index in [1.54, 1.807) is 0 Å². The highest BCUT2D eigenvalue weighted by atomic mass is 16.5. The van der Waals surface area contributed by atoms with Gasteiger partial charge in [-0.1, -0.05) is 39.8 Å². The number of esters is 1. The summed E-state index contributed by atoms with van der Waals surface area (Å²) in [6.07, 6.45) is 6.69. The molecule has 1 aromatic carbocycles. The zero-order valence-corrected chi connectivity index (χ0v) is 18.9. The Kier molecular flexibility index (Phi) is 7.06. The van der Waals surface area contributed by atoms with Gasteiger partial charge in [0.05, 0.1) is 18.8 Å². The molecule has 2 aliphatic rings. The number of carbonyl (C=O) groups excluding carboxylic acids is 1. The lowest BCUT2D eigenvalue weighted by molar-refractivity contribution is -0.0660. The molecule has 2 fully saturated rings. The monoisotopic (exact) mass is 401 g/mol. The molecule has 3 rings (SSSR count). The van der Waals surface area contributed by atoms with Gasteiger partial charge in [0.2, 0.25) is 0 Å². The number of hydrogen-bond donors (Lipinski definition) is 1. The van der Waals surface area contributed by atoms with Crippen molar-refractivity contribution in [3.8, 4) is 0 Å². The average Bonchev–Trinajstić information content (AvgIpc) is 2.96. The van der Waals surface area contributed by atoms with Gasteiger partial charge in [0.25, 0.3) is 0 Å². The molecule has 4 nitrogen and oxygen atoms in total. The van der Waals surface area contributed by atoms with Crippen LogP contribution in [0.2, 0.25) is 0 Å². The molecule has 4 atom stereocenters. The van der Waals surface area contributed by atoms with Crippen molar-refractivity contribution in [3.05, 3.63) is 35.4 Å². The third-order valence-corrected chi connectivity index (χ3v) is 6.44. The minimum absolute atomic E-state index is 0.0325. The van der Waals surface area contributed by atoms with Crippen molar-refractivity contribution in [2.24, 2.45) is 17.8 Å². The molecule has 0 bridgehead atoms. The van der Waals surface area contributed by atoms with E-state index in [2.05, 4.69) is 45.1 Å². The van der Waals surface area contributed by atoms with Crippen LogP contribution in [0.3, 0.4) is 0 Å². The summed E-state index contributed by atoms with van der Waals surface area (Å²) in [6, 6.07) is 7.89. The summed E-state index contributed by atoms with van der Waals surface area (Å²) in [4.78, 5) is 11.9. The Morgan fingerprint density at radius 2 is 1.86 bits per heavy atom. The van der Waals surface area contributed by atoms with E-state index in [0.29, 0.717) is 29.9 Å². The van der Waals surface area contributed by atoms with Crippen LogP contribution in [0, 0.1) is 17.8 Å². The molecule has 2 unspecified atom stereocenters. The Balaban J connectivity index is 1.68. The first-order chi connectivity index (χ1) is 13.7. The molecule has 1 spiro atoms. The van der Waals surface area contributed by atoms with E-state index in [-0.39, 0.29) is 17.2 Å². The second-order valence-corrected chi connectivity index (χ2v) is 10.1. The van der Waals surface area contributed by atoms with Gasteiger partial charge in [-0.15, -0.1) is 0 Å². The molecule has 1 saturated carbocycles. The molecule has 4 heteroatoms. The Morgan fingerprint density at radius 1 is 1.21 bits per heavy atom. The van der Waals surface area contributed by atoms with Crippen LogP contribution in [-0.4, -0.2) is 30.4 Å². The van der Waals surface area contributed by atoms with Crippen LogP contribution < -0.4 is 5.32 Å². The standard InChI is InChI=1S/C25H39NO3/c1-6-28-23(27)22-9-7-21(8-10-22)11-12-24(14-18(2)3)17-29-25(26-24)15-19(4)13-20(5)16-25/h7-10,18-20,26H,6,11-17H2,1-5H3/t19-,20+,24?,25?. The Hall–Kier alpha value is -1.39. The van der Waals surface area contributed by atoms with Gasteiger partial charge in [0.15, 0.2) is 0 Å². The maximum Gasteiger partial charge on any atom is 0.338 e. The van der Waals surface area contributed by atoms with Crippen LogP contribution in [0.4, 0.5) is 0 Å². The van der Waals surface area contributed by atoms with Gasteiger partial charge in [0, 0.05) is 5.54 Å². The third-order valence-electron chi connectivity index (χ3n) is 6.44. The lowest BCUT2D eigenvalue weighted by atomic mass is 9.77. The molecule has 1 aromatic rings. The summed E-state index contributed by atoms with van der Waals surface area (Å²) in [7, 11) is 0. The number of hydrogen-bond acceptors (Lipinski definition) is 4. The first-order valence-corrected chi connectivity index (χ1v) is 11.4. The molecular formula is C25H39NO3. The molecular weight excluding hydrogens is 362 g/mol. The number of benzene rings is 1. The summed E-state index contributed by atoms with van der Waals surface area (Å²) in [5.41, 5.74) is 1.78. The van der Waals surface area contributed by atoms with E-state index in [0.717, 1.165) is 38.7 Å². The molecule has 1 N–H and O–H groups in total. The molecule has 1 aliphatic carbocycles. The Morgan fingerprint density at radius 3 is 2.45 bits per heavy atom. The van der Waals surface area contributed by atoms with Crippen molar-refractivity contribution in [1.29, 1.82) is 0 Å². The molecule has 1 saturated heterocycles. The van der Waals surface area contributed by atoms with Gasteiger partial charge in [-0.3, -0.25) is 5.32 Å². The van der Waals surface area contributed by atoms with Crippen molar-refractivity contribution in [1.82, 2.24) is 5.32 Å². The normalized spacial score (nSPS) is 32.1. The van der Waals surface area contributed by atoms with Gasteiger partial charge in [0.1, 0.15) is 5.72 Å². The number of carbonyl (C=O) groups is 1. The highest BCUT2D eigenvalue weighted by Gasteiger charge is 2.50. The van der Waals surface area contributed by atoms with Crippen LogP contribution in [0.5, 0.6) is 0 Å². The summed E-state index contributed by atoms with van der Waals surface area (Å²) < 4.78 is 11.6. The lowest BCUT2D eigenvalue weighted by Crippen LogP contribution is -2.55. The van der Waals surface area contributed by atoms with Crippen LogP contribution in [0.25, 0.3) is 0 Å². The van der Waals surface area contributed by atoms with Gasteiger partial charge >= 0.3 is 5.97 Å². The molecule has 162 valence electrons. The van der Waals surface area contributed by atoms with Gasteiger partial charge in [-0.2, -0.15) is 0 Å². The topological polar surface area (TPSA) is 47.6 Å². The Bertz CT molecular complexity index is 674. The van der Waals surface area contributed by atoms with Crippen LogP contribution in [-0.2, 0) is 15.9 Å². The van der Waals surface area contributed by atoms with Crippen molar-refractivity contribution in [3.63, 3.8) is 0 Å². The minimum atomic E-state index is -0.247. The van der Waals surface area contributed by atoms with Crippen molar-refractivity contribution in [2.45, 2.75) is 84.4 Å². The van der Waals surface area contributed by atoms with E-state index < -0.39 is 0 Å². The fourth-order valence-electron chi connectivity index (χ4n) is 5.65. The maximum atomic E-state index is 11.9. The van der Waals surface area contributed by atoms with E-state index in [1.807, 2.05) is 19.1 Å². The number of ether oxygens (including phenoxy) is 2. The smallest absolute Gasteiger partial charge is 0.338 e. The number of aryl methyl sites for hydroxylation is 1. The second kappa shape index (κ2) is 9.18. The fourth-order valence-corrected chi connectivity index (χ4v) is 5.65. The van der Waals surface area contributed by atoms with Gasteiger partial charge < -0.3 is 9.47 Å². The summed E-state index contributed by atoms with van der Waals surface area (Å²) in [5, 5.41) is 4.03. The zero-order chi connectivity index (χ0) is 21.1. The third kappa shape index (κ3) is 5.61. The fraction of sp³-hybridized carbons (Fsp3) is 0.720. The molecule has 0 amide bonds. The van der Waals surface area contributed by atoms with E-state index >= 15 is 0 Å². The summed E-state index contributed by atoms with van der Waals surface area (Å²) in [5.74, 6) is 1.78. The van der Waals surface area contributed by atoms with Crippen LogP contribution >= 0.6 is 0 Å². The first-order valence-electron chi connectivity index (χ1n) is 11.4. The second-order valence-electron chi connectivity index (χ2n) is 10.1. The van der Waals surface area contributed by atoms with Gasteiger partial charge in [-0.25, -0.2) is 4.79 Å². The summed E-state index contributed by atoms with van der Waals surface area (Å²) in [6.45, 7) is 12.3. The highest BCUT2D eigenvalue weighted by molar-refractivity contribution is 5.89. The van der Waals surface area contributed by atoms with E-state index in [1.165, 1.54) is 12.0 Å². The molecule has 1 heterocycles. The zero-order valence-electron chi connectivity index (χ0n) is 18.9. The molecule has 1 aliphatic heterocycles. The largest absolute Gasteiger partial charge is 0.462 e. The SMILES string of the molecule is CCOC(=O)c1ccc(CCC2(CC(C)C)COC3(C[C@H](C)C[C@H](C)C3)N2)cc1. The molecule has 0 aromatic heterocycles. The lowest BCUT2D eigenvalue weighted by Gasteiger charge is -2.42. The van der Waals surface area contributed by atoms with E-state index in [9.17, 15) is 4.79 Å². The molecule has 0 radical (unpaired) electrons. The van der Waals surface area contributed by atoms with Crippen molar-refractivity contribution in [2.75, 3.05) is 13.2 Å². The van der Waals surface area contributed by atoms with Crippen molar-refractivity contribution < 1.29 is 14.3 Å². The highest BCUT2D eigenvalue weighted by Crippen LogP contribution is 2.43. The van der Waals surface area contributed by atoms with Gasteiger partial charge in [-0.05, 0) is 80.9 Å². The first kappa shape index (κ1) is 22.3. The number of rotatable bonds is 7. The maximum absolute atomic E-state index is 11.9. The Labute approximate surface area is 176 Å². The number of nitrogens with one attached hydrogen (secondary N) is 1. The predicted molar refractivity (Wildman–Crippen MR) is 117 cm³/mol. The minimum Gasteiger partial charge on any atom is -0.462 e. The van der Waals surface area contributed by atoms with Crippen molar-refractivity contribution >= 4 is 5.97 Å². The quantitative estimate of drug-likeness (QED) is 0.626. The van der Waals surface area contributed by atoms with Crippen LogP contribution in [0.15, 0.2) is 24.3 Å². The predicted octanol–water partition coefficient (Wildman–Crippen LogP) is 5.35. The molecule has 29 heavy (non-hydrogen) atoms. The summed E-state index contributed by atoms with van der Waals surface area (Å²) >= 11 is 0.